The van der Waals surface area contributed by atoms with E-state index in [-0.39, 0.29) is 18.1 Å². The van der Waals surface area contributed by atoms with Crippen molar-refractivity contribution >= 4 is 64.9 Å². The first-order valence-electron chi connectivity index (χ1n) is 9.10. The van der Waals surface area contributed by atoms with E-state index in [0.29, 0.717) is 42.7 Å². The van der Waals surface area contributed by atoms with Gasteiger partial charge in [0.05, 0.1) is 28.7 Å². The summed E-state index contributed by atoms with van der Waals surface area (Å²) in [6, 6.07) is 9.02. The number of nitriles is 1. The molecule has 7 nitrogen and oxygen atoms in total. The molecule has 0 amide bonds. The molecule has 0 radical (unpaired) electrons. The van der Waals surface area contributed by atoms with Gasteiger partial charge in [-0.3, -0.25) is 4.79 Å². The van der Waals surface area contributed by atoms with Crippen LogP contribution >= 0.6 is 47.8 Å². The minimum atomic E-state index is -0.262. The number of methoxy groups -OCH3 is 1. The summed E-state index contributed by atoms with van der Waals surface area (Å²) >= 11 is 10.4. The van der Waals surface area contributed by atoms with Crippen LogP contribution in [0.25, 0.3) is 10.9 Å². The van der Waals surface area contributed by atoms with Gasteiger partial charge < -0.3 is 9.47 Å². The fraction of sp³-hybridized carbons (Fsp3) is 0.238. The maximum absolute atomic E-state index is 13.2. The summed E-state index contributed by atoms with van der Waals surface area (Å²) in [4.78, 5) is 17.8. The maximum atomic E-state index is 13.2. The molecule has 0 aliphatic carbocycles. The second-order valence-corrected chi connectivity index (χ2v) is 9.22. The van der Waals surface area contributed by atoms with Crippen LogP contribution in [0.15, 0.2) is 47.6 Å². The third-order valence-electron chi connectivity index (χ3n) is 4.32. The number of aromatic nitrogens is 2. The highest BCUT2D eigenvalue weighted by molar-refractivity contribution is 9.13. The molecule has 0 aliphatic rings. The number of hydrogen-bond donors (Lipinski definition) is 0. The Labute approximate surface area is 204 Å². The number of nitrogens with zero attached hydrogens (tertiary/aromatic N) is 4. The monoisotopic (exact) mass is 610 g/mol. The number of hydrogen-bond acceptors (Lipinski definition) is 6. The molecule has 0 spiro atoms. The molecule has 0 bridgehead atoms. The molecule has 0 fully saturated rings. The maximum Gasteiger partial charge on any atom is 0.282 e. The zero-order valence-electron chi connectivity index (χ0n) is 16.8. The van der Waals surface area contributed by atoms with Gasteiger partial charge >= 0.3 is 0 Å². The Hall–Kier alpha value is -2.22. The lowest BCUT2D eigenvalue weighted by molar-refractivity contribution is 0.327. The van der Waals surface area contributed by atoms with E-state index in [0.717, 1.165) is 4.47 Å². The standard InChI is InChI=1S/C21H17Br3N4O3/c1-11(2)20-27-15-5-4-13(22)9-14(15)21(29)28(20)26-10-12-8-16(30-3)19(31-7-6-25)18(24)17(12)23/h4-5,8-11H,7H2,1-3H3. The molecule has 1 aromatic heterocycles. The number of halogens is 3. The van der Waals surface area contributed by atoms with Crippen LogP contribution in [0.5, 0.6) is 11.5 Å². The normalized spacial score (nSPS) is 11.3. The number of fused-ring (bicyclic) bond motifs is 1. The van der Waals surface area contributed by atoms with Crippen LogP contribution in [-0.4, -0.2) is 29.6 Å². The summed E-state index contributed by atoms with van der Waals surface area (Å²) in [5.74, 6) is 1.34. The van der Waals surface area contributed by atoms with Gasteiger partial charge in [0.15, 0.2) is 18.1 Å². The van der Waals surface area contributed by atoms with Crippen molar-refractivity contribution in [2.24, 2.45) is 5.10 Å². The van der Waals surface area contributed by atoms with E-state index in [1.54, 1.807) is 24.4 Å². The van der Waals surface area contributed by atoms with Gasteiger partial charge in [0.1, 0.15) is 11.9 Å². The molecule has 0 aliphatic heterocycles. The SMILES string of the molecule is COc1cc(C=Nn2c(C(C)C)nc3ccc(Br)cc3c2=O)c(Br)c(Br)c1OCC#N. The lowest BCUT2D eigenvalue weighted by atomic mass is 10.2. The lowest BCUT2D eigenvalue weighted by Crippen LogP contribution is -2.23. The molecule has 2 aromatic carbocycles. The molecule has 0 atom stereocenters. The Kier molecular flexibility index (Phi) is 7.51. The first-order valence-corrected chi connectivity index (χ1v) is 11.5. The summed E-state index contributed by atoms with van der Waals surface area (Å²) in [7, 11) is 1.50. The highest BCUT2D eigenvalue weighted by Gasteiger charge is 2.18. The van der Waals surface area contributed by atoms with Crippen LogP contribution in [0.2, 0.25) is 0 Å². The third-order valence-corrected chi connectivity index (χ3v) is 6.96. The molecule has 10 heteroatoms. The zero-order chi connectivity index (χ0) is 22.7. The predicted molar refractivity (Wildman–Crippen MR) is 130 cm³/mol. The van der Waals surface area contributed by atoms with Gasteiger partial charge in [-0.05, 0) is 56.1 Å². The Balaban J connectivity index is 2.16. The topological polar surface area (TPSA) is 89.5 Å². The van der Waals surface area contributed by atoms with Crippen molar-refractivity contribution in [1.29, 1.82) is 5.26 Å². The zero-order valence-corrected chi connectivity index (χ0v) is 21.6. The quantitative estimate of drug-likeness (QED) is 0.338. The van der Waals surface area contributed by atoms with Crippen molar-refractivity contribution in [2.75, 3.05) is 13.7 Å². The third kappa shape index (κ3) is 4.84. The van der Waals surface area contributed by atoms with E-state index in [1.165, 1.54) is 11.8 Å². The number of ether oxygens (including phenoxy) is 2. The Morgan fingerprint density at radius 2 is 2.00 bits per heavy atom. The summed E-state index contributed by atoms with van der Waals surface area (Å²) in [6.45, 7) is 3.78. The van der Waals surface area contributed by atoms with E-state index >= 15 is 0 Å². The molecule has 3 aromatic rings. The van der Waals surface area contributed by atoms with E-state index in [9.17, 15) is 4.79 Å². The average molecular weight is 613 g/mol. The van der Waals surface area contributed by atoms with E-state index < -0.39 is 0 Å². The predicted octanol–water partition coefficient (Wildman–Crippen LogP) is 5.60. The van der Waals surface area contributed by atoms with Gasteiger partial charge in [0.2, 0.25) is 0 Å². The van der Waals surface area contributed by atoms with Gasteiger partial charge in [-0.1, -0.05) is 29.8 Å². The fourth-order valence-electron chi connectivity index (χ4n) is 2.86. The molecule has 0 saturated carbocycles. The molecule has 0 saturated heterocycles. The molecular formula is C21H17Br3N4O3. The van der Waals surface area contributed by atoms with Crippen molar-refractivity contribution in [3.05, 3.63) is 59.4 Å². The van der Waals surface area contributed by atoms with E-state index in [4.69, 9.17) is 14.7 Å². The van der Waals surface area contributed by atoms with Crippen molar-refractivity contribution in [3.8, 4) is 17.6 Å². The molecule has 3 rings (SSSR count). The van der Waals surface area contributed by atoms with Gasteiger partial charge in [0.25, 0.3) is 5.56 Å². The lowest BCUT2D eigenvalue weighted by Gasteiger charge is -2.14. The Morgan fingerprint density at radius 3 is 2.65 bits per heavy atom. The van der Waals surface area contributed by atoms with Gasteiger partial charge in [0, 0.05) is 20.4 Å². The minimum Gasteiger partial charge on any atom is -0.493 e. The summed E-state index contributed by atoms with van der Waals surface area (Å²) in [6.07, 6.45) is 1.55. The van der Waals surface area contributed by atoms with Crippen LogP contribution in [0.1, 0.15) is 31.2 Å². The van der Waals surface area contributed by atoms with Gasteiger partial charge in [-0.15, -0.1) is 0 Å². The molecular weight excluding hydrogens is 596 g/mol. The van der Waals surface area contributed by atoms with Crippen molar-refractivity contribution in [1.82, 2.24) is 9.66 Å². The summed E-state index contributed by atoms with van der Waals surface area (Å²) < 4.78 is 14.2. The van der Waals surface area contributed by atoms with Crippen molar-refractivity contribution in [3.63, 3.8) is 0 Å². The summed E-state index contributed by atoms with van der Waals surface area (Å²) in [5.41, 5.74) is 0.999. The second kappa shape index (κ2) is 9.94. The number of rotatable bonds is 6. The molecule has 0 N–H and O–H groups in total. The first kappa shape index (κ1) is 23.4. The van der Waals surface area contributed by atoms with Crippen molar-refractivity contribution in [2.45, 2.75) is 19.8 Å². The Morgan fingerprint density at radius 1 is 1.26 bits per heavy atom. The largest absolute Gasteiger partial charge is 0.493 e. The fourth-order valence-corrected chi connectivity index (χ4v) is 4.16. The van der Waals surface area contributed by atoms with E-state index in [1.807, 2.05) is 26.0 Å². The second-order valence-electron chi connectivity index (χ2n) is 6.72. The molecule has 160 valence electrons. The molecule has 1 heterocycles. The van der Waals surface area contributed by atoms with Crippen LogP contribution in [0.4, 0.5) is 0 Å². The molecule has 0 unspecified atom stereocenters. The minimum absolute atomic E-state index is 0.0237. The summed E-state index contributed by atoms with van der Waals surface area (Å²) in [5, 5.41) is 13.7. The van der Waals surface area contributed by atoms with Gasteiger partial charge in [-0.25, -0.2) is 4.98 Å². The van der Waals surface area contributed by atoms with Crippen LogP contribution in [0, 0.1) is 11.3 Å². The highest BCUT2D eigenvalue weighted by Crippen LogP contribution is 2.42. The van der Waals surface area contributed by atoms with Crippen LogP contribution in [0.3, 0.4) is 0 Å². The molecule has 31 heavy (non-hydrogen) atoms. The van der Waals surface area contributed by atoms with Gasteiger partial charge in [-0.2, -0.15) is 15.0 Å². The average Bonchev–Trinajstić information content (AvgIpc) is 2.75. The number of benzene rings is 2. The van der Waals surface area contributed by atoms with E-state index in [2.05, 4.69) is 57.9 Å². The highest BCUT2D eigenvalue weighted by atomic mass is 79.9. The Bertz CT molecular complexity index is 1280. The van der Waals surface area contributed by atoms with Crippen LogP contribution < -0.4 is 15.0 Å². The van der Waals surface area contributed by atoms with Crippen molar-refractivity contribution < 1.29 is 9.47 Å². The smallest absolute Gasteiger partial charge is 0.282 e. The van der Waals surface area contributed by atoms with Crippen LogP contribution in [-0.2, 0) is 0 Å². The first-order chi connectivity index (χ1) is 14.8.